The van der Waals surface area contributed by atoms with Gasteiger partial charge >= 0.3 is 0 Å². The number of allylic oxidation sites excluding steroid dienone is 1. The fourth-order valence-electron chi connectivity index (χ4n) is 3.62. The van der Waals surface area contributed by atoms with E-state index >= 15 is 0 Å². The molecule has 1 aliphatic carbocycles. The molecule has 4 aromatic rings. The van der Waals surface area contributed by atoms with Crippen molar-refractivity contribution in [2.75, 3.05) is 11.9 Å². The fourth-order valence-corrected chi connectivity index (χ4v) is 4.82. The summed E-state index contributed by atoms with van der Waals surface area (Å²) in [6.45, 7) is 4.96. The Hall–Kier alpha value is -2.82. The second-order valence-electron chi connectivity index (χ2n) is 7.50. The van der Waals surface area contributed by atoms with E-state index in [0.717, 1.165) is 50.4 Å². The SMILES string of the molecule is C=Cc1c(NCC2=CC2)[nH]c(-c2ccc3c(ccn3C)c2)c1Sc1ccc(Cl)cc1. The predicted molar refractivity (Wildman–Crippen MR) is 130 cm³/mol. The monoisotopic (exact) mass is 431 g/mol. The highest BCUT2D eigenvalue weighted by Gasteiger charge is 2.19. The van der Waals surface area contributed by atoms with Gasteiger partial charge in [-0.3, -0.25) is 0 Å². The summed E-state index contributed by atoms with van der Waals surface area (Å²) in [5.41, 5.74) is 6.02. The molecule has 0 fully saturated rings. The van der Waals surface area contributed by atoms with Crippen molar-refractivity contribution in [2.24, 2.45) is 7.05 Å². The number of benzene rings is 2. The molecule has 2 aromatic heterocycles. The van der Waals surface area contributed by atoms with Crippen molar-refractivity contribution < 1.29 is 0 Å². The highest BCUT2D eigenvalue weighted by molar-refractivity contribution is 7.99. The summed E-state index contributed by atoms with van der Waals surface area (Å²) in [5.74, 6) is 1.01. The topological polar surface area (TPSA) is 32.8 Å². The second-order valence-corrected chi connectivity index (χ2v) is 9.02. The Bertz CT molecular complexity index is 1280. The van der Waals surface area contributed by atoms with Crippen molar-refractivity contribution in [3.05, 3.63) is 83.5 Å². The van der Waals surface area contributed by atoms with Gasteiger partial charge in [0, 0.05) is 51.1 Å². The van der Waals surface area contributed by atoms with E-state index in [0.29, 0.717) is 0 Å². The maximum Gasteiger partial charge on any atom is 0.112 e. The van der Waals surface area contributed by atoms with E-state index in [9.17, 15) is 0 Å². The molecule has 5 rings (SSSR count). The van der Waals surface area contributed by atoms with E-state index in [4.69, 9.17) is 11.6 Å². The van der Waals surface area contributed by atoms with Crippen molar-refractivity contribution >= 4 is 46.2 Å². The summed E-state index contributed by atoms with van der Waals surface area (Å²) in [7, 11) is 2.07. The van der Waals surface area contributed by atoms with Crippen LogP contribution in [0.15, 0.2) is 82.7 Å². The van der Waals surface area contributed by atoms with E-state index in [1.54, 1.807) is 11.8 Å². The molecule has 5 heteroatoms. The molecule has 30 heavy (non-hydrogen) atoms. The van der Waals surface area contributed by atoms with Crippen molar-refractivity contribution in [3.63, 3.8) is 0 Å². The first-order valence-electron chi connectivity index (χ1n) is 9.91. The van der Waals surface area contributed by atoms with Gasteiger partial charge in [0.15, 0.2) is 0 Å². The van der Waals surface area contributed by atoms with Gasteiger partial charge in [-0.2, -0.15) is 0 Å². The van der Waals surface area contributed by atoms with Crippen molar-refractivity contribution in [1.29, 1.82) is 0 Å². The zero-order valence-electron chi connectivity index (χ0n) is 16.7. The molecule has 0 radical (unpaired) electrons. The lowest BCUT2D eigenvalue weighted by atomic mass is 10.1. The summed E-state index contributed by atoms with van der Waals surface area (Å²) in [6, 6.07) is 16.7. The van der Waals surface area contributed by atoms with Crippen LogP contribution in [0.5, 0.6) is 0 Å². The zero-order valence-corrected chi connectivity index (χ0v) is 18.3. The first-order chi connectivity index (χ1) is 14.6. The molecule has 0 amide bonds. The van der Waals surface area contributed by atoms with Crippen LogP contribution in [0.4, 0.5) is 5.82 Å². The quantitative estimate of drug-likeness (QED) is 0.299. The van der Waals surface area contributed by atoms with Gasteiger partial charge < -0.3 is 14.9 Å². The highest BCUT2D eigenvalue weighted by atomic mass is 35.5. The molecular formula is C25H22ClN3S. The van der Waals surface area contributed by atoms with Gasteiger partial charge in [0.25, 0.3) is 0 Å². The maximum absolute atomic E-state index is 6.09. The van der Waals surface area contributed by atoms with Crippen molar-refractivity contribution in [2.45, 2.75) is 16.2 Å². The third-order valence-corrected chi connectivity index (χ3v) is 6.78. The third-order valence-electron chi connectivity index (χ3n) is 5.39. The van der Waals surface area contributed by atoms with Crippen LogP contribution in [0.3, 0.4) is 0 Å². The van der Waals surface area contributed by atoms with Gasteiger partial charge in [-0.15, -0.1) is 0 Å². The molecule has 0 unspecified atom stereocenters. The number of nitrogens with one attached hydrogen (secondary N) is 2. The predicted octanol–water partition coefficient (Wildman–Crippen LogP) is 7.36. The lowest BCUT2D eigenvalue weighted by molar-refractivity contribution is 0.969. The molecule has 1 aliphatic rings. The number of aryl methyl sites for hydroxylation is 1. The number of aromatic amines is 1. The molecule has 0 atom stereocenters. The number of aromatic nitrogens is 2. The smallest absolute Gasteiger partial charge is 0.112 e. The van der Waals surface area contributed by atoms with Gasteiger partial charge in [0.05, 0.1) is 5.69 Å². The Labute approximate surface area is 185 Å². The summed E-state index contributed by atoms with van der Waals surface area (Å²) in [5, 5.41) is 5.53. The van der Waals surface area contributed by atoms with Crippen LogP contribution < -0.4 is 5.32 Å². The van der Waals surface area contributed by atoms with Crippen LogP contribution in [-0.4, -0.2) is 16.1 Å². The van der Waals surface area contributed by atoms with E-state index in [1.807, 2.05) is 18.2 Å². The number of halogens is 1. The Kier molecular flexibility index (Phi) is 4.97. The standard InChI is InChI=1S/C25H22ClN3S/c1-3-21-24(30-20-9-7-19(26)8-10-20)23(28-25(21)27-15-16-4-5-16)18-6-11-22-17(14-18)12-13-29(22)2/h3-4,6-14,27-28H,1,5,15H2,2H3. The molecule has 0 saturated carbocycles. The van der Waals surface area contributed by atoms with Crippen molar-refractivity contribution in [1.82, 2.24) is 9.55 Å². The minimum Gasteiger partial charge on any atom is -0.367 e. The number of nitrogens with zero attached hydrogens (tertiary/aromatic N) is 1. The molecule has 150 valence electrons. The molecule has 2 aromatic carbocycles. The first-order valence-corrected chi connectivity index (χ1v) is 11.1. The van der Waals surface area contributed by atoms with E-state index < -0.39 is 0 Å². The molecule has 0 saturated heterocycles. The minimum absolute atomic E-state index is 0.743. The average Bonchev–Trinajstić information content (AvgIpc) is 3.43. The van der Waals surface area contributed by atoms with Crippen LogP contribution >= 0.6 is 23.4 Å². The molecule has 2 heterocycles. The molecule has 0 bridgehead atoms. The van der Waals surface area contributed by atoms with Gasteiger partial charge in [-0.1, -0.05) is 53.7 Å². The second kappa shape index (κ2) is 7.78. The first kappa shape index (κ1) is 19.2. The van der Waals surface area contributed by atoms with Gasteiger partial charge in [0.1, 0.15) is 5.82 Å². The van der Waals surface area contributed by atoms with Crippen LogP contribution in [0.1, 0.15) is 12.0 Å². The molecule has 3 nitrogen and oxygen atoms in total. The summed E-state index contributed by atoms with van der Waals surface area (Å²) >= 11 is 7.82. The van der Waals surface area contributed by atoms with Gasteiger partial charge in [0.2, 0.25) is 0 Å². The van der Waals surface area contributed by atoms with E-state index in [1.165, 1.54) is 16.5 Å². The summed E-state index contributed by atoms with van der Waals surface area (Å²) < 4.78 is 2.14. The fraction of sp³-hybridized carbons (Fsp3) is 0.120. The number of rotatable bonds is 7. The number of anilines is 1. The summed E-state index contributed by atoms with van der Waals surface area (Å²) in [4.78, 5) is 5.94. The van der Waals surface area contributed by atoms with Crippen LogP contribution in [-0.2, 0) is 7.05 Å². The number of hydrogen-bond donors (Lipinski definition) is 2. The number of H-pyrrole nitrogens is 1. The normalized spacial score (nSPS) is 12.8. The lowest BCUT2D eigenvalue weighted by Crippen LogP contribution is -2.01. The zero-order chi connectivity index (χ0) is 20.7. The Morgan fingerprint density at radius 1 is 1.20 bits per heavy atom. The lowest BCUT2D eigenvalue weighted by Gasteiger charge is -2.07. The third kappa shape index (κ3) is 3.69. The Morgan fingerprint density at radius 2 is 2.00 bits per heavy atom. The number of fused-ring (bicyclic) bond motifs is 1. The van der Waals surface area contributed by atoms with Crippen molar-refractivity contribution in [3.8, 4) is 11.3 Å². The molecule has 0 aliphatic heterocycles. The molecule has 0 spiro atoms. The molecule has 2 N–H and O–H groups in total. The minimum atomic E-state index is 0.743. The van der Waals surface area contributed by atoms with Gasteiger partial charge in [-0.25, -0.2) is 0 Å². The van der Waals surface area contributed by atoms with Crippen LogP contribution in [0, 0.1) is 0 Å². The Balaban J connectivity index is 1.61. The molecular weight excluding hydrogens is 410 g/mol. The van der Waals surface area contributed by atoms with Gasteiger partial charge in [-0.05, 0) is 54.4 Å². The van der Waals surface area contributed by atoms with E-state index in [2.05, 4.69) is 77.2 Å². The summed E-state index contributed by atoms with van der Waals surface area (Å²) in [6.07, 6.45) is 7.39. The maximum atomic E-state index is 6.09. The average molecular weight is 432 g/mol. The van der Waals surface area contributed by atoms with Crippen LogP contribution in [0.25, 0.3) is 28.2 Å². The largest absolute Gasteiger partial charge is 0.367 e. The highest BCUT2D eigenvalue weighted by Crippen LogP contribution is 2.43. The number of hydrogen-bond acceptors (Lipinski definition) is 2. The van der Waals surface area contributed by atoms with Crippen LogP contribution in [0.2, 0.25) is 5.02 Å². The van der Waals surface area contributed by atoms with E-state index in [-0.39, 0.29) is 0 Å². The Morgan fingerprint density at radius 3 is 2.73 bits per heavy atom.